The summed E-state index contributed by atoms with van der Waals surface area (Å²) in [6.07, 6.45) is 4.32. The zero-order valence-electron chi connectivity index (χ0n) is 12.9. The summed E-state index contributed by atoms with van der Waals surface area (Å²) in [6.45, 7) is 6.22. The molecule has 0 saturated heterocycles. The third-order valence-electron chi connectivity index (χ3n) is 4.49. The molecule has 0 aromatic carbocycles. The molecular formula is C15H24N2O3S. The lowest BCUT2D eigenvalue weighted by Crippen LogP contribution is -2.29. The lowest BCUT2D eigenvalue weighted by molar-refractivity contribution is 0.492. The lowest BCUT2D eigenvalue weighted by atomic mass is 10.2. The van der Waals surface area contributed by atoms with E-state index in [1.807, 2.05) is 6.92 Å². The molecule has 5 nitrogen and oxygen atoms in total. The van der Waals surface area contributed by atoms with Crippen molar-refractivity contribution in [1.29, 1.82) is 0 Å². The number of hydrogen-bond donors (Lipinski definition) is 2. The van der Waals surface area contributed by atoms with Crippen LogP contribution in [0.1, 0.15) is 49.7 Å². The second-order valence-electron chi connectivity index (χ2n) is 6.31. The molecule has 0 spiro atoms. The number of furan rings is 1. The Balaban J connectivity index is 1.81. The highest BCUT2D eigenvalue weighted by Gasteiger charge is 2.40. The molecule has 1 aromatic rings. The predicted molar refractivity (Wildman–Crippen MR) is 80.6 cm³/mol. The highest BCUT2D eigenvalue weighted by molar-refractivity contribution is 7.89. The van der Waals surface area contributed by atoms with Gasteiger partial charge in [0.25, 0.3) is 0 Å². The molecule has 2 N–H and O–H groups in total. The molecule has 2 unspecified atom stereocenters. The van der Waals surface area contributed by atoms with Crippen molar-refractivity contribution in [2.24, 2.45) is 5.92 Å². The standard InChI is InChI=1S/C15H24N2O3S/c1-4-11-7-14(11)17-21(18,19)15-10(3)20-9(2)13(15)8-16-12-5-6-12/h11-12,14,16-17H,4-8H2,1-3H3. The van der Waals surface area contributed by atoms with Crippen LogP contribution in [0.4, 0.5) is 0 Å². The molecule has 2 fully saturated rings. The van der Waals surface area contributed by atoms with E-state index in [1.165, 1.54) is 12.8 Å². The Morgan fingerprint density at radius 1 is 1.24 bits per heavy atom. The first kappa shape index (κ1) is 15.1. The molecule has 2 atom stereocenters. The third-order valence-corrected chi connectivity index (χ3v) is 6.18. The summed E-state index contributed by atoms with van der Waals surface area (Å²) < 4.78 is 33.7. The quantitative estimate of drug-likeness (QED) is 0.810. The third kappa shape index (κ3) is 3.17. The van der Waals surface area contributed by atoms with E-state index < -0.39 is 10.0 Å². The van der Waals surface area contributed by atoms with Crippen LogP contribution in [0.2, 0.25) is 0 Å². The average Bonchev–Trinajstić information content (AvgIpc) is 3.29. The summed E-state index contributed by atoms with van der Waals surface area (Å²) in [5.41, 5.74) is 0.778. The molecule has 118 valence electrons. The van der Waals surface area contributed by atoms with Crippen LogP contribution in [0, 0.1) is 19.8 Å². The van der Waals surface area contributed by atoms with E-state index in [0.717, 1.165) is 18.4 Å². The van der Waals surface area contributed by atoms with E-state index in [1.54, 1.807) is 6.92 Å². The summed E-state index contributed by atoms with van der Waals surface area (Å²) in [5, 5.41) is 3.38. The van der Waals surface area contributed by atoms with E-state index >= 15 is 0 Å². The van der Waals surface area contributed by atoms with Crippen LogP contribution in [0.3, 0.4) is 0 Å². The van der Waals surface area contributed by atoms with Crippen LogP contribution >= 0.6 is 0 Å². The molecule has 2 aliphatic carbocycles. The fraction of sp³-hybridized carbons (Fsp3) is 0.733. The first-order chi connectivity index (χ1) is 9.92. The molecule has 0 amide bonds. The van der Waals surface area contributed by atoms with Crippen LogP contribution in [-0.4, -0.2) is 20.5 Å². The van der Waals surface area contributed by atoms with Gasteiger partial charge in [0.05, 0.1) is 0 Å². The summed E-state index contributed by atoms with van der Waals surface area (Å²) in [6, 6.07) is 0.634. The van der Waals surface area contributed by atoms with E-state index in [4.69, 9.17) is 4.42 Å². The summed E-state index contributed by atoms with van der Waals surface area (Å²) in [7, 11) is -3.49. The maximum absolute atomic E-state index is 12.7. The number of aryl methyl sites for hydroxylation is 2. The van der Waals surface area contributed by atoms with Crippen LogP contribution in [-0.2, 0) is 16.6 Å². The Morgan fingerprint density at radius 3 is 2.52 bits per heavy atom. The normalized spacial score (nSPS) is 25.3. The Kier molecular flexibility index (Phi) is 3.88. The first-order valence-corrected chi connectivity index (χ1v) is 9.25. The van der Waals surface area contributed by atoms with Crippen molar-refractivity contribution < 1.29 is 12.8 Å². The number of sulfonamides is 1. The van der Waals surface area contributed by atoms with Crippen molar-refractivity contribution in [2.45, 2.75) is 70.0 Å². The van der Waals surface area contributed by atoms with Gasteiger partial charge >= 0.3 is 0 Å². The molecule has 2 aliphatic rings. The second kappa shape index (κ2) is 5.41. The van der Waals surface area contributed by atoms with Gasteiger partial charge in [-0.1, -0.05) is 13.3 Å². The molecule has 6 heteroatoms. The van der Waals surface area contributed by atoms with Crippen molar-refractivity contribution in [3.63, 3.8) is 0 Å². The number of nitrogens with one attached hydrogen (secondary N) is 2. The SMILES string of the molecule is CCC1CC1NS(=O)(=O)c1c(C)oc(C)c1CNC1CC1. The zero-order chi connectivity index (χ0) is 15.2. The predicted octanol–water partition coefficient (Wildman–Crippen LogP) is 2.23. The van der Waals surface area contributed by atoms with Gasteiger partial charge < -0.3 is 9.73 Å². The molecule has 0 bridgehead atoms. The molecule has 1 aromatic heterocycles. The first-order valence-electron chi connectivity index (χ1n) is 7.77. The molecule has 3 rings (SSSR count). The minimum atomic E-state index is -3.49. The van der Waals surface area contributed by atoms with Crippen molar-refractivity contribution in [1.82, 2.24) is 10.0 Å². The van der Waals surface area contributed by atoms with Gasteiger partial charge in [-0.3, -0.25) is 0 Å². The minimum absolute atomic E-state index is 0.0962. The molecule has 0 radical (unpaired) electrons. The molecule has 0 aliphatic heterocycles. The Bertz CT molecular complexity index is 632. The fourth-order valence-corrected chi connectivity index (χ4v) is 4.67. The van der Waals surface area contributed by atoms with E-state index in [9.17, 15) is 8.42 Å². The van der Waals surface area contributed by atoms with Gasteiger partial charge in [-0.15, -0.1) is 0 Å². The molecular weight excluding hydrogens is 288 g/mol. The minimum Gasteiger partial charge on any atom is -0.465 e. The summed E-state index contributed by atoms with van der Waals surface area (Å²) in [5.74, 6) is 1.67. The van der Waals surface area contributed by atoms with Crippen LogP contribution in [0.15, 0.2) is 9.31 Å². The van der Waals surface area contributed by atoms with Gasteiger partial charge in [0.2, 0.25) is 10.0 Å². The average molecular weight is 312 g/mol. The van der Waals surface area contributed by atoms with Crippen LogP contribution < -0.4 is 10.0 Å². The fourth-order valence-electron chi connectivity index (χ4n) is 2.90. The van der Waals surface area contributed by atoms with Gasteiger partial charge in [0.15, 0.2) is 0 Å². The van der Waals surface area contributed by atoms with Crippen molar-refractivity contribution >= 4 is 10.0 Å². The second-order valence-corrected chi connectivity index (χ2v) is 7.96. The van der Waals surface area contributed by atoms with Crippen LogP contribution in [0.5, 0.6) is 0 Å². The van der Waals surface area contributed by atoms with Crippen molar-refractivity contribution in [3.05, 3.63) is 17.1 Å². The van der Waals surface area contributed by atoms with Gasteiger partial charge in [-0.2, -0.15) is 0 Å². The van der Waals surface area contributed by atoms with E-state index in [-0.39, 0.29) is 6.04 Å². The van der Waals surface area contributed by atoms with E-state index in [0.29, 0.717) is 34.9 Å². The molecule has 21 heavy (non-hydrogen) atoms. The maximum Gasteiger partial charge on any atom is 0.244 e. The Labute approximate surface area is 126 Å². The Hall–Kier alpha value is -0.850. The largest absolute Gasteiger partial charge is 0.465 e. The van der Waals surface area contributed by atoms with E-state index in [2.05, 4.69) is 17.0 Å². The van der Waals surface area contributed by atoms with Gasteiger partial charge in [-0.05, 0) is 39.0 Å². The highest BCUT2D eigenvalue weighted by atomic mass is 32.2. The maximum atomic E-state index is 12.7. The molecule has 1 heterocycles. The number of hydrogen-bond acceptors (Lipinski definition) is 4. The summed E-state index contributed by atoms with van der Waals surface area (Å²) >= 11 is 0. The molecule has 2 saturated carbocycles. The van der Waals surface area contributed by atoms with Gasteiger partial charge in [-0.25, -0.2) is 13.1 Å². The van der Waals surface area contributed by atoms with Gasteiger partial charge in [0.1, 0.15) is 16.4 Å². The number of rotatable bonds is 7. The highest BCUT2D eigenvalue weighted by Crippen LogP contribution is 2.36. The zero-order valence-corrected chi connectivity index (χ0v) is 13.7. The van der Waals surface area contributed by atoms with Crippen molar-refractivity contribution in [2.75, 3.05) is 0 Å². The topological polar surface area (TPSA) is 71.3 Å². The Morgan fingerprint density at radius 2 is 1.95 bits per heavy atom. The van der Waals surface area contributed by atoms with Crippen molar-refractivity contribution in [3.8, 4) is 0 Å². The smallest absolute Gasteiger partial charge is 0.244 e. The monoisotopic (exact) mass is 312 g/mol. The lowest BCUT2D eigenvalue weighted by Gasteiger charge is -2.09. The van der Waals surface area contributed by atoms with Crippen LogP contribution in [0.25, 0.3) is 0 Å². The summed E-state index contributed by atoms with van der Waals surface area (Å²) in [4.78, 5) is 0.343. The van der Waals surface area contributed by atoms with Gasteiger partial charge in [0, 0.05) is 24.2 Å².